The van der Waals surface area contributed by atoms with Gasteiger partial charge in [-0.2, -0.15) is 26.3 Å². The number of hydrogen-bond donors (Lipinski definition) is 1. The van der Waals surface area contributed by atoms with Gasteiger partial charge in [-0.25, -0.2) is 4.98 Å². The fourth-order valence-electron chi connectivity index (χ4n) is 1.99. The van der Waals surface area contributed by atoms with Gasteiger partial charge in [0.05, 0.1) is 12.7 Å². The molecule has 2 heterocycles. The molecular weight excluding hydrogens is 308 g/mol. The quantitative estimate of drug-likeness (QED) is 0.867. The lowest BCUT2D eigenvalue weighted by Gasteiger charge is -2.17. The third-order valence-electron chi connectivity index (χ3n) is 2.79. The van der Waals surface area contributed by atoms with E-state index in [1.54, 1.807) is 0 Å². The van der Waals surface area contributed by atoms with Crippen LogP contribution < -0.4 is 5.32 Å². The van der Waals surface area contributed by atoms with E-state index in [0.29, 0.717) is 17.8 Å². The van der Waals surface area contributed by atoms with Crippen molar-refractivity contribution >= 4 is 16.5 Å². The fourth-order valence-corrected chi connectivity index (χ4v) is 2.75. The second-order valence-electron chi connectivity index (χ2n) is 4.51. The number of likely N-dealkylation sites (tertiary alicyclic amines) is 1. The molecule has 1 aliphatic heterocycles. The number of nitrogens with one attached hydrogen (secondary N) is 1. The molecule has 0 aromatic carbocycles. The van der Waals surface area contributed by atoms with Crippen LogP contribution in [0, 0.1) is 0 Å². The van der Waals surface area contributed by atoms with Crippen LogP contribution in [0.5, 0.6) is 0 Å². The van der Waals surface area contributed by atoms with Crippen molar-refractivity contribution in [2.75, 3.05) is 25.0 Å². The molecule has 3 nitrogen and oxygen atoms in total. The highest BCUT2D eigenvalue weighted by Crippen LogP contribution is 2.35. The van der Waals surface area contributed by atoms with Crippen LogP contribution >= 0.6 is 11.3 Å². The largest absolute Gasteiger partial charge is 0.427 e. The summed E-state index contributed by atoms with van der Waals surface area (Å²) in [5.74, 6) is 0. The van der Waals surface area contributed by atoms with Crippen molar-refractivity contribution in [1.82, 2.24) is 9.88 Å². The molecule has 1 aromatic heterocycles. The maximum atomic E-state index is 12.4. The molecule has 10 heteroatoms. The Morgan fingerprint density at radius 3 is 2.55 bits per heavy atom. The first-order valence-corrected chi connectivity index (χ1v) is 6.54. The topological polar surface area (TPSA) is 28.2 Å². The molecular formula is C10H11F6N3S. The highest BCUT2D eigenvalue weighted by Gasteiger charge is 2.36. The van der Waals surface area contributed by atoms with Gasteiger partial charge in [0.2, 0.25) is 0 Å². The summed E-state index contributed by atoms with van der Waals surface area (Å²) in [6.45, 7) is -0.605. The first-order valence-electron chi connectivity index (χ1n) is 5.72. The Hall–Kier alpha value is -1.03. The second-order valence-corrected chi connectivity index (χ2v) is 5.54. The van der Waals surface area contributed by atoms with E-state index < -0.39 is 23.8 Å². The summed E-state index contributed by atoms with van der Waals surface area (Å²) < 4.78 is 73.7. The number of rotatable bonds is 3. The summed E-state index contributed by atoms with van der Waals surface area (Å²) in [6.07, 6.45) is -7.55. The summed E-state index contributed by atoms with van der Waals surface area (Å²) in [7, 11) is 0. The van der Waals surface area contributed by atoms with Gasteiger partial charge in [0.15, 0.2) is 5.13 Å². The van der Waals surface area contributed by atoms with Crippen LogP contribution in [0.2, 0.25) is 0 Å². The van der Waals surface area contributed by atoms with E-state index in [9.17, 15) is 26.3 Å². The number of hydrogen-bond acceptors (Lipinski definition) is 4. The molecule has 0 spiro atoms. The average molecular weight is 319 g/mol. The summed E-state index contributed by atoms with van der Waals surface area (Å²) in [4.78, 5) is 3.98. The van der Waals surface area contributed by atoms with Crippen LogP contribution in [0.3, 0.4) is 0 Å². The maximum Gasteiger partial charge on any atom is 0.427 e. The highest BCUT2D eigenvalue weighted by molar-refractivity contribution is 7.15. The fraction of sp³-hybridized carbons (Fsp3) is 0.700. The molecule has 114 valence electrons. The van der Waals surface area contributed by atoms with Gasteiger partial charge < -0.3 is 5.32 Å². The van der Waals surface area contributed by atoms with E-state index in [1.807, 2.05) is 0 Å². The number of thiazole rings is 1. The zero-order valence-corrected chi connectivity index (χ0v) is 10.9. The van der Waals surface area contributed by atoms with Gasteiger partial charge in [-0.1, -0.05) is 11.3 Å². The normalized spacial score (nSPS) is 21.4. The van der Waals surface area contributed by atoms with Crippen LogP contribution in [0.1, 0.15) is 11.3 Å². The van der Waals surface area contributed by atoms with Crippen LogP contribution in [0.15, 0.2) is 6.20 Å². The standard InChI is InChI=1S/C10H11F6N3S/c11-9(12,13)5-19-2-1-6(4-19)18-8-17-3-7(20-8)10(14,15)16/h3,6H,1-2,4-5H2,(H,17,18). The van der Waals surface area contributed by atoms with Crippen LogP contribution in [0.25, 0.3) is 0 Å². The van der Waals surface area contributed by atoms with Crippen LogP contribution in [-0.4, -0.2) is 41.7 Å². The Morgan fingerprint density at radius 1 is 1.30 bits per heavy atom. The molecule has 1 saturated heterocycles. The molecule has 1 N–H and O–H groups in total. The Morgan fingerprint density at radius 2 is 2.00 bits per heavy atom. The Labute approximate surface area is 114 Å². The van der Waals surface area contributed by atoms with Gasteiger partial charge in [0.1, 0.15) is 4.88 Å². The van der Waals surface area contributed by atoms with E-state index in [1.165, 1.54) is 4.90 Å². The number of halogens is 6. The number of anilines is 1. The van der Waals surface area contributed by atoms with E-state index >= 15 is 0 Å². The highest BCUT2D eigenvalue weighted by atomic mass is 32.1. The first kappa shape index (κ1) is 15.4. The minimum absolute atomic E-state index is 0.0798. The zero-order chi connectivity index (χ0) is 15.0. The number of aromatic nitrogens is 1. The number of alkyl halides is 6. The lowest BCUT2D eigenvalue weighted by atomic mass is 10.3. The second kappa shape index (κ2) is 5.40. The molecule has 1 aromatic rings. The van der Waals surface area contributed by atoms with Gasteiger partial charge in [-0.3, -0.25) is 4.90 Å². The number of nitrogens with zero attached hydrogens (tertiary/aromatic N) is 2. The van der Waals surface area contributed by atoms with E-state index in [-0.39, 0.29) is 24.3 Å². The summed E-state index contributed by atoms with van der Waals surface area (Å²) in [5.41, 5.74) is 0. The zero-order valence-electron chi connectivity index (χ0n) is 10.1. The minimum atomic E-state index is -4.45. The summed E-state index contributed by atoms with van der Waals surface area (Å²) in [5, 5.41) is 2.83. The molecule has 1 aliphatic rings. The lowest BCUT2D eigenvalue weighted by molar-refractivity contribution is -0.143. The van der Waals surface area contributed by atoms with Crippen LogP contribution in [0.4, 0.5) is 31.5 Å². The first-order chi connectivity index (χ1) is 9.13. The average Bonchev–Trinajstić information content (AvgIpc) is 2.85. The molecule has 0 saturated carbocycles. The minimum Gasteiger partial charge on any atom is -0.357 e. The van der Waals surface area contributed by atoms with Gasteiger partial charge >= 0.3 is 12.4 Å². The lowest BCUT2D eigenvalue weighted by Crippen LogP contribution is -2.34. The summed E-state index contributed by atoms with van der Waals surface area (Å²) >= 11 is 0.453. The third kappa shape index (κ3) is 4.23. The van der Waals surface area contributed by atoms with Gasteiger partial charge in [-0.05, 0) is 6.42 Å². The molecule has 1 unspecified atom stereocenters. The van der Waals surface area contributed by atoms with E-state index in [2.05, 4.69) is 10.3 Å². The predicted octanol–water partition coefficient (Wildman–Crippen LogP) is 3.21. The molecule has 2 rings (SSSR count). The SMILES string of the molecule is FC(F)(F)CN1CCC(Nc2ncc(C(F)(F)F)s2)C1. The van der Waals surface area contributed by atoms with Gasteiger partial charge in [0, 0.05) is 19.1 Å². The van der Waals surface area contributed by atoms with Crippen molar-refractivity contribution in [2.24, 2.45) is 0 Å². The third-order valence-corrected chi connectivity index (χ3v) is 3.76. The Balaban J connectivity index is 1.88. The maximum absolute atomic E-state index is 12.4. The molecule has 20 heavy (non-hydrogen) atoms. The van der Waals surface area contributed by atoms with Crippen molar-refractivity contribution in [1.29, 1.82) is 0 Å². The van der Waals surface area contributed by atoms with Crippen molar-refractivity contribution in [3.63, 3.8) is 0 Å². The molecule has 0 aliphatic carbocycles. The Bertz CT molecular complexity index is 455. The molecule has 1 fully saturated rings. The van der Waals surface area contributed by atoms with Crippen molar-refractivity contribution in [3.05, 3.63) is 11.1 Å². The van der Waals surface area contributed by atoms with Crippen molar-refractivity contribution < 1.29 is 26.3 Å². The van der Waals surface area contributed by atoms with E-state index in [0.717, 1.165) is 6.20 Å². The smallest absolute Gasteiger partial charge is 0.357 e. The van der Waals surface area contributed by atoms with Gasteiger partial charge in [-0.15, -0.1) is 0 Å². The van der Waals surface area contributed by atoms with Crippen molar-refractivity contribution in [3.8, 4) is 0 Å². The van der Waals surface area contributed by atoms with Gasteiger partial charge in [0.25, 0.3) is 0 Å². The molecule has 0 amide bonds. The van der Waals surface area contributed by atoms with Crippen LogP contribution in [-0.2, 0) is 6.18 Å². The molecule has 0 radical (unpaired) electrons. The Kier molecular flexibility index (Phi) is 4.14. The predicted molar refractivity (Wildman–Crippen MR) is 61.6 cm³/mol. The molecule has 1 atom stereocenters. The van der Waals surface area contributed by atoms with Crippen molar-refractivity contribution in [2.45, 2.75) is 24.8 Å². The monoisotopic (exact) mass is 319 g/mol. The molecule has 0 bridgehead atoms. The van der Waals surface area contributed by atoms with E-state index in [4.69, 9.17) is 0 Å². The summed E-state index contributed by atoms with van der Waals surface area (Å²) in [6, 6.07) is -0.315.